The minimum absolute atomic E-state index is 0.0491. The first-order valence-electron chi connectivity index (χ1n) is 8.76. The quantitative estimate of drug-likeness (QED) is 0.848. The van der Waals surface area contributed by atoms with Gasteiger partial charge in [-0.1, -0.05) is 57.2 Å². The maximum atomic E-state index is 12.2. The summed E-state index contributed by atoms with van der Waals surface area (Å²) in [4.78, 5) is 25.9. The summed E-state index contributed by atoms with van der Waals surface area (Å²) < 4.78 is 0. The zero-order chi connectivity index (χ0) is 19.2. The molecule has 2 rings (SSSR count). The van der Waals surface area contributed by atoms with Crippen LogP contribution in [0, 0.1) is 0 Å². The van der Waals surface area contributed by atoms with Crippen LogP contribution in [-0.4, -0.2) is 25.0 Å². The van der Waals surface area contributed by atoms with Gasteiger partial charge in [-0.15, -0.1) is 0 Å². The number of nitrogens with zero attached hydrogens (tertiary/aromatic N) is 1. The molecule has 26 heavy (non-hydrogen) atoms. The van der Waals surface area contributed by atoms with Gasteiger partial charge in [0.25, 0.3) is 0 Å². The summed E-state index contributed by atoms with van der Waals surface area (Å²) in [5.41, 5.74) is 2.63. The van der Waals surface area contributed by atoms with Crippen molar-refractivity contribution in [2.24, 2.45) is 0 Å². The fourth-order valence-electron chi connectivity index (χ4n) is 2.77. The van der Waals surface area contributed by atoms with E-state index in [0.717, 1.165) is 16.9 Å². The monoisotopic (exact) mass is 353 g/mol. The van der Waals surface area contributed by atoms with E-state index in [0.29, 0.717) is 13.1 Å². The second kappa shape index (κ2) is 8.52. The van der Waals surface area contributed by atoms with E-state index in [-0.39, 0.29) is 17.4 Å². The van der Waals surface area contributed by atoms with Gasteiger partial charge in [0.1, 0.15) is 0 Å². The molecule has 5 heteroatoms. The Balaban J connectivity index is 2.02. The Bertz CT molecular complexity index is 751. The van der Waals surface area contributed by atoms with Gasteiger partial charge in [-0.25, -0.2) is 4.79 Å². The second-order valence-electron chi connectivity index (χ2n) is 7.18. The minimum atomic E-state index is -0.288. The molecule has 0 saturated heterocycles. The summed E-state index contributed by atoms with van der Waals surface area (Å²) in [5.74, 6) is -0.0491. The van der Waals surface area contributed by atoms with Crippen LogP contribution in [0.5, 0.6) is 0 Å². The van der Waals surface area contributed by atoms with Crippen molar-refractivity contribution < 1.29 is 9.59 Å². The first-order valence-corrected chi connectivity index (χ1v) is 8.76. The molecule has 3 amide bonds. The second-order valence-corrected chi connectivity index (χ2v) is 7.18. The van der Waals surface area contributed by atoms with Gasteiger partial charge < -0.3 is 15.5 Å². The van der Waals surface area contributed by atoms with Crippen molar-refractivity contribution in [1.29, 1.82) is 0 Å². The highest BCUT2D eigenvalue weighted by Crippen LogP contribution is 2.31. The van der Waals surface area contributed by atoms with Crippen molar-refractivity contribution in [3.8, 4) is 0 Å². The fraction of sp³-hybridized carbons (Fsp3) is 0.333. The van der Waals surface area contributed by atoms with E-state index in [4.69, 9.17) is 0 Å². The molecule has 0 aliphatic carbocycles. The van der Waals surface area contributed by atoms with Crippen LogP contribution in [-0.2, 0) is 10.2 Å². The fourth-order valence-corrected chi connectivity index (χ4v) is 2.77. The third-order valence-electron chi connectivity index (χ3n) is 4.04. The summed E-state index contributed by atoms with van der Waals surface area (Å²) in [7, 11) is 0. The number of anilines is 2. The number of hydrogen-bond donors (Lipinski definition) is 2. The van der Waals surface area contributed by atoms with Crippen LogP contribution in [0.4, 0.5) is 16.2 Å². The Hall–Kier alpha value is -2.82. The third-order valence-corrected chi connectivity index (χ3v) is 4.04. The molecule has 2 aromatic rings. The number of benzene rings is 2. The predicted octanol–water partition coefficient (Wildman–Crippen LogP) is 4.16. The number of rotatable bonds is 5. The van der Waals surface area contributed by atoms with Crippen molar-refractivity contribution in [1.82, 2.24) is 5.32 Å². The van der Waals surface area contributed by atoms with Crippen LogP contribution < -0.4 is 15.5 Å². The standard InChI is InChI=1S/C21H27N3O2/c1-16(25)24(19-13-9-8-12-18(19)21(2,3)4)15-14-22-20(26)23-17-10-6-5-7-11-17/h5-13H,14-15H2,1-4H3,(H2,22,23,26). The van der Waals surface area contributed by atoms with Gasteiger partial charge in [0.15, 0.2) is 0 Å². The third kappa shape index (κ3) is 5.34. The van der Waals surface area contributed by atoms with E-state index >= 15 is 0 Å². The van der Waals surface area contributed by atoms with Gasteiger partial charge in [0.05, 0.1) is 0 Å². The largest absolute Gasteiger partial charge is 0.336 e. The Morgan fingerprint density at radius 3 is 2.19 bits per heavy atom. The van der Waals surface area contributed by atoms with Crippen LogP contribution >= 0.6 is 0 Å². The highest BCUT2D eigenvalue weighted by molar-refractivity contribution is 5.93. The first-order chi connectivity index (χ1) is 12.3. The topological polar surface area (TPSA) is 61.4 Å². The normalized spacial score (nSPS) is 10.9. The molecular weight excluding hydrogens is 326 g/mol. The van der Waals surface area contributed by atoms with Gasteiger partial charge in [-0.2, -0.15) is 0 Å². The van der Waals surface area contributed by atoms with Gasteiger partial charge in [0.2, 0.25) is 5.91 Å². The molecule has 0 aliphatic heterocycles. The van der Waals surface area contributed by atoms with Crippen molar-refractivity contribution in [3.63, 3.8) is 0 Å². The van der Waals surface area contributed by atoms with E-state index in [1.165, 1.54) is 0 Å². The summed E-state index contributed by atoms with van der Waals surface area (Å²) in [6, 6.07) is 16.9. The van der Waals surface area contributed by atoms with E-state index in [1.54, 1.807) is 11.8 Å². The molecule has 0 radical (unpaired) electrons. The number of para-hydroxylation sites is 2. The lowest BCUT2D eigenvalue weighted by molar-refractivity contribution is -0.116. The number of hydrogen-bond acceptors (Lipinski definition) is 2. The lowest BCUT2D eigenvalue weighted by atomic mass is 9.85. The molecule has 138 valence electrons. The first kappa shape index (κ1) is 19.5. The Morgan fingerprint density at radius 2 is 1.58 bits per heavy atom. The molecule has 5 nitrogen and oxygen atoms in total. The molecule has 0 saturated carbocycles. The maximum Gasteiger partial charge on any atom is 0.319 e. The smallest absolute Gasteiger partial charge is 0.319 e. The Kier molecular flexibility index (Phi) is 6.39. The average molecular weight is 353 g/mol. The van der Waals surface area contributed by atoms with Crippen LogP contribution in [0.2, 0.25) is 0 Å². The van der Waals surface area contributed by atoms with Crippen LogP contribution in [0.1, 0.15) is 33.3 Å². The zero-order valence-corrected chi connectivity index (χ0v) is 15.9. The van der Waals surface area contributed by atoms with E-state index in [9.17, 15) is 9.59 Å². The van der Waals surface area contributed by atoms with Crippen molar-refractivity contribution in [2.45, 2.75) is 33.1 Å². The number of carbonyl (C=O) groups is 2. The molecule has 0 unspecified atom stereocenters. The number of nitrogens with one attached hydrogen (secondary N) is 2. The van der Waals surface area contributed by atoms with Crippen molar-refractivity contribution >= 4 is 23.3 Å². The van der Waals surface area contributed by atoms with E-state index in [2.05, 4.69) is 31.4 Å². The summed E-state index contributed by atoms with van der Waals surface area (Å²) in [5, 5.41) is 5.57. The SMILES string of the molecule is CC(=O)N(CCNC(=O)Nc1ccccc1)c1ccccc1C(C)(C)C. The molecule has 0 atom stereocenters. The molecule has 0 fully saturated rings. The van der Waals surface area contributed by atoms with Crippen LogP contribution in [0.15, 0.2) is 54.6 Å². The van der Waals surface area contributed by atoms with E-state index in [1.807, 2.05) is 54.6 Å². The van der Waals surface area contributed by atoms with Crippen LogP contribution in [0.25, 0.3) is 0 Å². The maximum absolute atomic E-state index is 12.2. The summed E-state index contributed by atoms with van der Waals surface area (Å²) in [6.45, 7) is 8.67. The van der Waals surface area contributed by atoms with Crippen molar-refractivity contribution in [3.05, 3.63) is 60.2 Å². The molecular formula is C21H27N3O2. The molecule has 0 bridgehead atoms. The summed E-state index contributed by atoms with van der Waals surface area (Å²) in [6.07, 6.45) is 0. The Morgan fingerprint density at radius 1 is 0.962 bits per heavy atom. The average Bonchev–Trinajstić information content (AvgIpc) is 2.58. The Labute approximate surface area is 155 Å². The summed E-state index contributed by atoms with van der Waals surface area (Å²) >= 11 is 0. The minimum Gasteiger partial charge on any atom is -0.336 e. The van der Waals surface area contributed by atoms with Crippen molar-refractivity contribution in [2.75, 3.05) is 23.3 Å². The highest BCUT2D eigenvalue weighted by atomic mass is 16.2. The molecule has 0 aromatic heterocycles. The number of carbonyl (C=O) groups excluding carboxylic acids is 2. The lowest BCUT2D eigenvalue weighted by Gasteiger charge is -2.29. The highest BCUT2D eigenvalue weighted by Gasteiger charge is 2.22. The lowest BCUT2D eigenvalue weighted by Crippen LogP contribution is -2.40. The molecule has 2 N–H and O–H groups in total. The molecule has 0 heterocycles. The van der Waals surface area contributed by atoms with Gasteiger partial charge >= 0.3 is 6.03 Å². The molecule has 0 aliphatic rings. The number of urea groups is 1. The zero-order valence-electron chi connectivity index (χ0n) is 15.9. The predicted molar refractivity (Wildman–Crippen MR) is 107 cm³/mol. The van der Waals surface area contributed by atoms with Crippen LogP contribution in [0.3, 0.4) is 0 Å². The van der Waals surface area contributed by atoms with Gasteiger partial charge in [0, 0.05) is 31.4 Å². The molecule has 0 spiro atoms. The molecule has 2 aromatic carbocycles. The van der Waals surface area contributed by atoms with Gasteiger partial charge in [-0.05, 0) is 29.2 Å². The van der Waals surface area contributed by atoms with E-state index < -0.39 is 0 Å². The number of amides is 3. The van der Waals surface area contributed by atoms with Gasteiger partial charge in [-0.3, -0.25) is 4.79 Å².